The molecule has 2 heterocycles. The predicted molar refractivity (Wildman–Crippen MR) is 156 cm³/mol. The van der Waals surface area contributed by atoms with E-state index >= 15 is 0 Å². The van der Waals surface area contributed by atoms with Gasteiger partial charge in [0.25, 0.3) is 11.8 Å². The number of hydrogen-bond donors (Lipinski definition) is 2. The van der Waals surface area contributed by atoms with Crippen molar-refractivity contribution in [1.29, 1.82) is 0 Å². The molecule has 0 aliphatic heterocycles. The van der Waals surface area contributed by atoms with Gasteiger partial charge in [-0.05, 0) is 61.9 Å². The number of aromatic nitrogens is 1. The molecule has 0 fully saturated rings. The molecule has 0 saturated heterocycles. The fourth-order valence-corrected chi connectivity index (χ4v) is 4.82. The second kappa shape index (κ2) is 11.5. The molecule has 5 aromatic rings. The summed E-state index contributed by atoms with van der Waals surface area (Å²) in [6.07, 6.45) is 0.0197. The van der Waals surface area contributed by atoms with Crippen LogP contribution in [0, 0.1) is 13.8 Å². The van der Waals surface area contributed by atoms with Gasteiger partial charge in [0, 0.05) is 35.1 Å². The van der Waals surface area contributed by atoms with E-state index < -0.39 is 11.5 Å². The summed E-state index contributed by atoms with van der Waals surface area (Å²) in [6, 6.07) is 21.2. The van der Waals surface area contributed by atoms with Crippen LogP contribution in [-0.2, 0) is 11.2 Å². The van der Waals surface area contributed by atoms with E-state index in [1.165, 1.54) is 6.07 Å². The molecule has 3 aromatic carbocycles. The van der Waals surface area contributed by atoms with Gasteiger partial charge in [0.1, 0.15) is 16.9 Å². The highest BCUT2D eigenvalue weighted by Crippen LogP contribution is 2.30. The predicted octanol–water partition coefficient (Wildman–Crippen LogP) is 4.15. The third-order valence-electron chi connectivity index (χ3n) is 7.00. The lowest BCUT2D eigenvalue weighted by atomic mass is 10.1. The molecule has 2 aromatic heterocycles. The van der Waals surface area contributed by atoms with Crippen LogP contribution in [0.3, 0.4) is 0 Å². The van der Waals surface area contributed by atoms with E-state index in [1.807, 2.05) is 38.1 Å². The molecule has 0 spiro atoms. The number of rotatable bonds is 8. The molecule has 2 N–H and O–H groups in total. The summed E-state index contributed by atoms with van der Waals surface area (Å²) in [6.45, 7) is 4.03. The molecule has 0 aliphatic rings. The zero-order valence-corrected chi connectivity index (χ0v) is 22.9. The highest BCUT2D eigenvalue weighted by Gasteiger charge is 2.22. The van der Waals surface area contributed by atoms with Gasteiger partial charge in [-0.25, -0.2) is 4.79 Å². The molecule has 0 aliphatic carbocycles. The van der Waals surface area contributed by atoms with E-state index in [0.717, 1.165) is 10.9 Å². The number of aryl methyl sites for hydroxylation is 1. The van der Waals surface area contributed by atoms with Gasteiger partial charge in [-0.15, -0.1) is 0 Å². The number of methoxy groups -OCH3 is 1. The van der Waals surface area contributed by atoms with E-state index in [9.17, 15) is 19.2 Å². The van der Waals surface area contributed by atoms with Crippen LogP contribution in [0.15, 0.2) is 82.0 Å². The van der Waals surface area contributed by atoms with Crippen molar-refractivity contribution in [1.82, 2.24) is 15.2 Å². The zero-order valence-electron chi connectivity index (χ0n) is 22.9. The van der Waals surface area contributed by atoms with Crippen molar-refractivity contribution in [3.05, 3.63) is 111 Å². The standard InChI is InChI=1S/C32H29N3O6/c1-19-8-10-21(11-9-19)31(38)35-20(2)24(25-17-23(40-3)12-13-27(25)35)18-29(36)33-14-15-34-30(37)26-16-22-6-4-5-7-28(22)41-32(26)39/h4-13,16-17H,14-15,18H2,1-3H3,(H,33,36)(H,34,37). The molecule has 5 rings (SSSR count). The number of benzene rings is 3. The monoisotopic (exact) mass is 551 g/mol. The first-order chi connectivity index (χ1) is 19.8. The van der Waals surface area contributed by atoms with Crippen LogP contribution in [0.25, 0.3) is 21.9 Å². The number of para-hydroxylation sites is 1. The number of carbonyl (C=O) groups excluding carboxylic acids is 3. The van der Waals surface area contributed by atoms with Crippen LogP contribution in [0.5, 0.6) is 5.75 Å². The second-order valence-corrected chi connectivity index (χ2v) is 9.72. The van der Waals surface area contributed by atoms with Crippen molar-refractivity contribution in [3.63, 3.8) is 0 Å². The fraction of sp³-hybridized carbons (Fsp3) is 0.188. The largest absolute Gasteiger partial charge is 0.497 e. The summed E-state index contributed by atoms with van der Waals surface area (Å²) in [5.74, 6) is -0.443. The molecule has 0 atom stereocenters. The zero-order chi connectivity index (χ0) is 29.1. The summed E-state index contributed by atoms with van der Waals surface area (Å²) in [5, 5.41) is 6.82. The molecule has 0 radical (unpaired) electrons. The summed E-state index contributed by atoms with van der Waals surface area (Å²) in [5.41, 5.74) is 3.20. The van der Waals surface area contributed by atoms with Gasteiger partial charge in [0.2, 0.25) is 5.91 Å². The maximum absolute atomic E-state index is 13.5. The number of nitrogens with zero attached hydrogens (tertiary/aromatic N) is 1. The van der Waals surface area contributed by atoms with Crippen LogP contribution >= 0.6 is 0 Å². The number of amides is 2. The minimum absolute atomic E-state index is 0.0197. The third-order valence-corrected chi connectivity index (χ3v) is 7.00. The normalized spacial score (nSPS) is 11.0. The second-order valence-electron chi connectivity index (χ2n) is 9.72. The molecular formula is C32H29N3O6. The van der Waals surface area contributed by atoms with Crippen molar-refractivity contribution in [2.75, 3.05) is 20.2 Å². The van der Waals surface area contributed by atoms with Crippen LogP contribution in [-0.4, -0.2) is 42.5 Å². The number of fused-ring (bicyclic) bond motifs is 2. The highest BCUT2D eigenvalue weighted by molar-refractivity contribution is 6.05. The first-order valence-electron chi connectivity index (χ1n) is 13.1. The van der Waals surface area contributed by atoms with Gasteiger partial charge in [0.15, 0.2) is 0 Å². The number of nitrogens with one attached hydrogen (secondary N) is 2. The number of ether oxygens (including phenoxy) is 1. The van der Waals surface area contributed by atoms with Gasteiger partial charge in [-0.3, -0.25) is 19.0 Å². The molecule has 0 saturated carbocycles. The Hall–Kier alpha value is -5.18. The topological polar surface area (TPSA) is 120 Å². The Morgan fingerprint density at radius 1 is 0.902 bits per heavy atom. The van der Waals surface area contributed by atoms with Gasteiger partial charge in [0.05, 0.1) is 19.0 Å². The van der Waals surface area contributed by atoms with Gasteiger partial charge in [-0.2, -0.15) is 0 Å². The van der Waals surface area contributed by atoms with Crippen LogP contribution < -0.4 is 21.0 Å². The summed E-state index contributed by atoms with van der Waals surface area (Å²) in [7, 11) is 1.56. The Morgan fingerprint density at radius 2 is 1.63 bits per heavy atom. The lowest BCUT2D eigenvalue weighted by Gasteiger charge is -2.09. The number of carbonyl (C=O) groups is 3. The van der Waals surface area contributed by atoms with Crippen molar-refractivity contribution in [2.24, 2.45) is 0 Å². The first kappa shape index (κ1) is 27.4. The highest BCUT2D eigenvalue weighted by atomic mass is 16.5. The van der Waals surface area contributed by atoms with E-state index in [2.05, 4.69) is 10.6 Å². The Kier molecular flexibility index (Phi) is 7.69. The summed E-state index contributed by atoms with van der Waals surface area (Å²) >= 11 is 0. The lowest BCUT2D eigenvalue weighted by Crippen LogP contribution is -2.36. The third kappa shape index (κ3) is 5.60. The summed E-state index contributed by atoms with van der Waals surface area (Å²) in [4.78, 5) is 51.2. The average molecular weight is 552 g/mol. The first-order valence-corrected chi connectivity index (χ1v) is 13.1. The van der Waals surface area contributed by atoms with Crippen molar-refractivity contribution in [3.8, 4) is 5.75 Å². The molecule has 9 heteroatoms. The Balaban J connectivity index is 1.29. The van der Waals surface area contributed by atoms with E-state index in [1.54, 1.807) is 54.1 Å². The molecule has 41 heavy (non-hydrogen) atoms. The lowest BCUT2D eigenvalue weighted by molar-refractivity contribution is -0.120. The Labute approximate surface area is 235 Å². The van der Waals surface area contributed by atoms with Crippen LogP contribution in [0.2, 0.25) is 0 Å². The van der Waals surface area contributed by atoms with Crippen LogP contribution in [0.4, 0.5) is 0 Å². The SMILES string of the molecule is COc1ccc2c(c1)c(CC(=O)NCCNC(=O)c1cc3ccccc3oc1=O)c(C)n2C(=O)c1ccc(C)cc1. The fourth-order valence-electron chi connectivity index (χ4n) is 4.82. The maximum Gasteiger partial charge on any atom is 0.349 e. The van der Waals surface area contributed by atoms with Gasteiger partial charge in [-0.1, -0.05) is 35.9 Å². The van der Waals surface area contributed by atoms with E-state index in [4.69, 9.17) is 9.15 Å². The van der Waals surface area contributed by atoms with E-state index in [0.29, 0.717) is 39.1 Å². The summed E-state index contributed by atoms with van der Waals surface area (Å²) < 4.78 is 12.2. The average Bonchev–Trinajstić information content (AvgIpc) is 3.24. The molecule has 0 unspecified atom stereocenters. The van der Waals surface area contributed by atoms with E-state index in [-0.39, 0.29) is 36.9 Å². The smallest absolute Gasteiger partial charge is 0.349 e. The van der Waals surface area contributed by atoms with Crippen LogP contribution in [0.1, 0.15) is 37.5 Å². The minimum atomic E-state index is -0.729. The van der Waals surface area contributed by atoms with Crippen molar-refractivity contribution >= 4 is 39.6 Å². The molecule has 2 amide bonds. The molecule has 208 valence electrons. The van der Waals surface area contributed by atoms with Gasteiger partial charge >= 0.3 is 5.63 Å². The molecule has 0 bridgehead atoms. The van der Waals surface area contributed by atoms with Crippen molar-refractivity contribution < 1.29 is 23.5 Å². The molecular weight excluding hydrogens is 522 g/mol. The Morgan fingerprint density at radius 3 is 2.39 bits per heavy atom. The quantitative estimate of drug-likeness (QED) is 0.221. The Bertz CT molecular complexity index is 1850. The molecule has 9 nitrogen and oxygen atoms in total. The number of hydrogen-bond acceptors (Lipinski definition) is 6. The maximum atomic E-state index is 13.5. The minimum Gasteiger partial charge on any atom is -0.497 e. The van der Waals surface area contributed by atoms with Gasteiger partial charge < -0.3 is 19.8 Å². The van der Waals surface area contributed by atoms with Crippen molar-refractivity contribution in [2.45, 2.75) is 20.3 Å².